The van der Waals surface area contributed by atoms with Crippen LogP contribution in [0.3, 0.4) is 0 Å². The van der Waals surface area contributed by atoms with Crippen molar-refractivity contribution in [2.75, 3.05) is 0 Å². The Morgan fingerprint density at radius 3 is 2.44 bits per heavy atom. The molecule has 0 saturated carbocycles. The van der Waals surface area contributed by atoms with Gasteiger partial charge in [-0.25, -0.2) is 0 Å². The summed E-state index contributed by atoms with van der Waals surface area (Å²) in [5, 5.41) is 4.27. The fourth-order valence-corrected chi connectivity index (χ4v) is 2.46. The number of hydrogen-bond donors (Lipinski definition) is 1. The highest BCUT2D eigenvalue weighted by Gasteiger charge is 2.06. The zero-order valence-electron chi connectivity index (χ0n) is 9.52. The lowest BCUT2D eigenvalue weighted by atomic mass is 10.00. The van der Waals surface area contributed by atoms with Crippen molar-refractivity contribution in [3.8, 4) is 0 Å². The Morgan fingerprint density at radius 2 is 1.88 bits per heavy atom. The van der Waals surface area contributed by atoms with Crippen LogP contribution in [0.15, 0.2) is 41.1 Å². The van der Waals surface area contributed by atoms with Crippen molar-refractivity contribution in [2.24, 2.45) is 5.73 Å². The van der Waals surface area contributed by atoms with Gasteiger partial charge in [0.05, 0.1) is 0 Å². The number of rotatable bonds is 4. The minimum atomic E-state index is 0.112. The first-order valence-electron chi connectivity index (χ1n) is 5.65. The second-order valence-electron chi connectivity index (χ2n) is 4.04. The zero-order valence-corrected chi connectivity index (χ0v) is 10.3. The highest BCUT2D eigenvalue weighted by Crippen LogP contribution is 2.18. The number of aryl methyl sites for hydroxylation is 1. The third-order valence-electron chi connectivity index (χ3n) is 2.85. The molecule has 0 saturated heterocycles. The SMILES string of the molecule is CCc1ccc(C(N)Cc2ccsc2)cc1. The lowest BCUT2D eigenvalue weighted by molar-refractivity contribution is 0.723. The molecule has 16 heavy (non-hydrogen) atoms. The Hall–Kier alpha value is -1.12. The summed E-state index contributed by atoms with van der Waals surface area (Å²) in [7, 11) is 0. The maximum atomic E-state index is 6.18. The molecule has 2 rings (SSSR count). The summed E-state index contributed by atoms with van der Waals surface area (Å²) in [6.07, 6.45) is 2.01. The molecule has 2 heteroatoms. The second kappa shape index (κ2) is 5.28. The van der Waals surface area contributed by atoms with Gasteiger partial charge < -0.3 is 5.73 Å². The third kappa shape index (κ3) is 2.71. The molecular weight excluding hydrogens is 214 g/mol. The van der Waals surface area contributed by atoms with Crippen molar-refractivity contribution in [3.63, 3.8) is 0 Å². The molecule has 1 aromatic carbocycles. The van der Waals surface area contributed by atoms with Gasteiger partial charge >= 0.3 is 0 Å². The number of thiophene rings is 1. The van der Waals surface area contributed by atoms with E-state index in [1.54, 1.807) is 11.3 Å². The molecule has 0 amide bonds. The smallest absolute Gasteiger partial charge is 0.0336 e. The van der Waals surface area contributed by atoms with Crippen LogP contribution in [0, 0.1) is 0 Å². The maximum absolute atomic E-state index is 6.18. The molecule has 1 nitrogen and oxygen atoms in total. The molecule has 84 valence electrons. The highest BCUT2D eigenvalue weighted by atomic mass is 32.1. The van der Waals surface area contributed by atoms with Gasteiger partial charge in [-0.2, -0.15) is 11.3 Å². The van der Waals surface area contributed by atoms with E-state index >= 15 is 0 Å². The van der Waals surface area contributed by atoms with E-state index < -0.39 is 0 Å². The van der Waals surface area contributed by atoms with Crippen molar-refractivity contribution in [3.05, 3.63) is 57.8 Å². The Bertz CT molecular complexity index is 417. The first kappa shape index (κ1) is 11.4. The topological polar surface area (TPSA) is 26.0 Å². The van der Waals surface area contributed by atoms with Crippen molar-refractivity contribution in [2.45, 2.75) is 25.8 Å². The molecule has 2 aromatic rings. The van der Waals surface area contributed by atoms with E-state index in [2.05, 4.69) is 48.0 Å². The third-order valence-corrected chi connectivity index (χ3v) is 3.58. The zero-order chi connectivity index (χ0) is 11.4. The van der Waals surface area contributed by atoms with E-state index in [-0.39, 0.29) is 6.04 Å². The van der Waals surface area contributed by atoms with Gasteiger partial charge in [-0.1, -0.05) is 31.2 Å². The van der Waals surface area contributed by atoms with Crippen LogP contribution >= 0.6 is 11.3 Å². The molecule has 1 unspecified atom stereocenters. The van der Waals surface area contributed by atoms with E-state index in [0.717, 1.165) is 12.8 Å². The Morgan fingerprint density at radius 1 is 1.12 bits per heavy atom. The summed E-state index contributed by atoms with van der Waals surface area (Å²) in [4.78, 5) is 0. The van der Waals surface area contributed by atoms with Crippen LogP contribution < -0.4 is 5.73 Å². The first-order chi connectivity index (χ1) is 7.79. The molecule has 0 fully saturated rings. The van der Waals surface area contributed by atoms with Gasteiger partial charge in [-0.3, -0.25) is 0 Å². The van der Waals surface area contributed by atoms with Crippen LogP contribution in [0.4, 0.5) is 0 Å². The largest absolute Gasteiger partial charge is 0.324 e. The Balaban J connectivity index is 2.05. The minimum Gasteiger partial charge on any atom is -0.324 e. The van der Waals surface area contributed by atoms with Gasteiger partial charge in [0.2, 0.25) is 0 Å². The van der Waals surface area contributed by atoms with Gasteiger partial charge in [0.15, 0.2) is 0 Å². The molecule has 0 aliphatic heterocycles. The van der Waals surface area contributed by atoms with Crippen LogP contribution in [0.2, 0.25) is 0 Å². The predicted molar refractivity (Wildman–Crippen MR) is 70.8 cm³/mol. The normalized spacial score (nSPS) is 12.6. The van der Waals surface area contributed by atoms with Gasteiger partial charge in [0.1, 0.15) is 0 Å². The molecule has 0 aliphatic carbocycles. The summed E-state index contributed by atoms with van der Waals surface area (Å²) in [6, 6.07) is 10.9. The minimum absolute atomic E-state index is 0.112. The molecule has 1 aromatic heterocycles. The molecular formula is C14H17NS. The molecule has 0 aliphatic rings. The lowest BCUT2D eigenvalue weighted by Crippen LogP contribution is -2.12. The molecule has 1 atom stereocenters. The Kier molecular flexibility index (Phi) is 3.75. The van der Waals surface area contributed by atoms with Crippen LogP contribution in [0.5, 0.6) is 0 Å². The molecule has 0 radical (unpaired) electrons. The average Bonchev–Trinajstić information content (AvgIpc) is 2.82. The first-order valence-corrected chi connectivity index (χ1v) is 6.59. The van der Waals surface area contributed by atoms with E-state index in [1.807, 2.05) is 0 Å². The van der Waals surface area contributed by atoms with E-state index in [4.69, 9.17) is 5.73 Å². The predicted octanol–water partition coefficient (Wildman–Crippen LogP) is 3.55. The average molecular weight is 231 g/mol. The standard InChI is InChI=1S/C14H17NS/c1-2-11-3-5-13(6-4-11)14(15)9-12-7-8-16-10-12/h3-8,10,14H,2,9,15H2,1H3. The van der Waals surface area contributed by atoms with Crippen molar-refractivity contribution >= 4 is 11.3 Å². The van der Waals surface area contributed by atoms with Gasteiger partial charge in [0, 0.05) is 6.04 Å². The van der Waals surface area contributed by atoms with Gasteiger partial charge in [-0.15, -0.1) is 0 Å². The summed E-state index contributed by atoms with van der Waals surface area (Å²) >= 11 is 1.73. The number of benzene rings is 1. The highest BCUT2D eigenvalue weighted by molar-refractivity contribution is 7.07. The quantitative estimate of drug-likeness (QED) is 0.855. The summed E-state index contributed by atoms with van der Waals surface area (Å²) in [6.45, 7) is 2.17. The second-order valence-corrected chi connectivity index (χ2v) is 4.82. The van der Waals surface area contributed by atoms with E-state index in [1.165, 1.54) is 16.7 Å². The Labute approximate surface area is 101 Å². The number of hydrogen-bond acceptors (Lipinski definition) is 2. The van der Waals surface area contributed by atoms with Crippen LogP contribution in [0.1, 0.15) is 29.7 Å². The van der Waals surface area contributed by atoms with Crippen molar-refractivity contribution in [1.82, 2.24) is 0 Å². The summed E-state index contributed by atoms with van der Waals surface area (Å²) < 4.78 is 0. The van der Waals surface area contributed by atoms with E-state index in [9.17, 15) is 0 Å². The fraction of sp³-hybridized carbons (Fsp3) is 0.286. The van der Waals surface area contributed by atoms with Gasteiger partial charge in [-0.05, 0) is 46.4 Å². The van der Waals surface area contributed by atoms with Crippen molar-refractivity contribution < 1.29 is 0 Å². The van der Waals surface area contributed by atoms with Gasteiger partial charge in [0.25, 0.3) is 0 Å². The van der Waals surface area contributed by atoms with Crippen molar-refractivity contribution in [1.29, 1.82) is 0 Å². The van der Waals surface area contributed by atoms with Crippen LogP contribution in [-0.2, 0) is 12.8 Å². The lowest BCUT2D eigenvalue weighted by Gasteiger charge is -2.11. The van der Waals surface area contributed by atoms with E-state index in [0.29, 0.717) is 0 Å². The molecule has 0 spiro atoms. The molecule has 1 heterocycles. The number of nitrogens with two attached hydrogens (primary N) is 1. The molecule has 2 N–H and O–H groups in total. The van der Waals surface area contributed by atoms with Crippen LogP contribution in [0.25, 0.3) is 0 Å². The summed E-state index contributed by atoms with van der Waals surface area (Å²) in [5.74, 6) is 0. The summed E-state index contributed by atoms with van der Waals surface area (Å²) in [5.41, 5.74) is 10.1. The van der Waals surface area contributed by atoms with Crippen LogP contribution in [-0.4, -0.2) is 0 Å². The fourth-order valence-electron chi connectivity index (χ4n) is 1.78. The monoisotopic (exact) mass is 231 g/mol. The molecule has 0 bridgehead atoms. The maximum Gasteiger partial charge on any atom is 0.0336 e.